The van der Waals surface area contributed by atoms with Gasteiger partial charge >= 0.3 is 19.8 Å². The maximum Gasteiger partial charge on any atom is 0.472 e. The molecule has 0 bridgehead atoms. The van der Waals surface area contributed by atoms with Crippen molar-refractivity contribution in [2.75, 3.05) is 19.8 Å². The molecule has 0 aromatic rings. The van der Waals surface area contributed by atoms with Crippen LogP contribution in [0.3, 0.4) is 0 Å². The van der Waals surface area contributed by atoms with Crippen LogP contribution in [0.1, 0.15) is 168 Å². The SMILES string of the molecule is CC/C=C\C/C=C\C/C=C\C/C=C\C/C=C\CCCCCC(=O)OCC(O)COP(=O)(O)OCC(NC(=O)CCCCCCCCCCCCCCC)C(=O)O. The number of unbranched alkanes of at least 4 members (excludes halogenated alkanes) is 15. The molecule has 0 fully saturated rings. The topological polar surface area (TPSA) is 169 Å². The lowest BCUT2D eigenvalue weighted by molar-refractivity contribution is -0.147. The Morgan fingerprint density at radius 2 is 1.04 bits per heavy atom. The highest BCUT2D eigenvalue weighted by Gasteiger charge is 2.28. The minimum absolute atomic E-state index is 0.144. The van der Waals surface area contributed by atoms with Gasteiger partial charge in [0, 0.05) is 12.8 Å². The van der Waals surface area contributed by atoms with E-state index in [0.29, 0.717) is 12.8 Å². The lowest BCUT2D eigenvalue weighted by Gasteiger charge is -2.18. The van der Waals surface area contributed by atoms with Crippen LogP contribution in [0.25, 0.3) is 0 Å². The number of hydrogen-bond acceptors (Lipinski definition) is 8. The number of carbonyl (C=O) groups is 3. The zero-order chi connectivity index (χ0) is 41.4. The van der Waals surface area contributed by atoms with Crippen molar-refractivity contribution in [2.24, 2.45) is 0 Å². The summed E-state index contributed by atoms with van der Waals surface area (Å²) in [6.45, 7) is 2.43. The van der Waals surface area contributed by atoms with Gasteiger partial charge in [-0.2, -0.15) is 0 Å². The predicted molar refractivity (Wildman–Crippen MR) is 226 cm³/mol. The van der Waals surface area contributed by atoms with Crippen LogP contribution in [0.4, 0.5) is 0 Å². The second-order valence-electron chi connectivity index (χ2n) is 14.2. The van der Waals surface area contributed by atoms with Gasteiger partial charge in [-0.1, -0.05) is 158 Å². The van der Waals surface area contributed by atoms with Gasteiger partial charge in [-0.15, -0.1) is 0 Å². The van der Waals surface area contributed by atoms with E-state index in [9.17, 15) is 34.1 Å². The largest absolute Gasteiger partial charge is 0.480 e. The number of nitrogens with one attached hydrogen (secondary N) is 1. The maximum absolute atomic E-state index is 12.3. The predicted octanol–water partition coefficient (Wildman–Crippen LogP) is 10.8. The number of phosphoric acid groups is 1. The minimum Gasteiger partial charge on any atom is -0.480 e. The lowest BCUT2D eigenvalue weighted by Crippen LogP contribution is -2.43. The normalized spacial score (nSPS) is 14.4. The Morgan fingerprint density at radius 1 is 0.589 bits per heavy atom. The fraction of sp³-hybridized carbons (Fsp3) is 0.705. The number of hydrogen-bond donors (Lipinski definition) is 4. The number of carbonyl (C=O) groups excluding carboxylic acids is 2. The highest BCUT2D eigenvalue weighted by Crippen LogP contribution is 2.43. The van der Waals surface area contributed by atoms with Gasteiger partial charge in [-0.05, 0) is 57.8 Å². The Balaban J connectivity index is 3.97. The molecule has 4 N–H and O–H groups in total. The number of amides is 1. The second-order valence-corrected chi connectivity index (χ2v) is 15.6. The molecule has 0 saturated carbocycles. The highest BCUT2D eigenvalue weighted by molar-refractivity contribution is 7.47. The smallest absolute Gasteiger partial charge is 0.472 e. The molecule has 0 rings (SSSR count). The van der Waals surface area contributed by atoms with Crippen LogP contribution in [-0.2, 0) is 32.7 Å². The van der Waals surface area contributed by atoms with Crippen LogP contribution in [0, 0.1) is 0 Å². The van der Waals surface area contributed by atoms with E-state index in [-0.39, 0.29) is 12.8 Å². The Hall–Kier alpha value is -2.82. The maximum atomic E-state index is 12.3. The van der Waals surface area contributed by atoms with Crippen molar-refractivity contribution in [1.82, 2.24) is 5.32 Å². The molecule has 0 aliphatic rings. The van der Waals surface area contributed by atoms with E-state index >= 15 is 0 Å². The van der Waals surface area contributed by atoms with Crippen LogP contribution < -0.4 is 5.32 Å². The molecule has 0 spiro atoms. The van der Waals surface area contributed by atoms with E-state index in [2.05, 4.69) is 79.9 Å². The van der Waals surface area contributed by atoms with Crippen molar-refractivity contribution in [3.63, 3.8) is 0 Å². The molecule has 0 heterocycles. The Morgan fingerprint density at radius 3 is 1.55 bits per heavy atom. The molecule has 0 radical (unpaired) electrons. The number of carboxylic acid groups (broad SMARTS) is 1. The van der Waals surface area contributed by atoms with Crippen molar-refractivity contribution in [3.8, 4) is 0 Å². The summed E-state index contributed by atoms with van der Waals surface area (Å²) in [5, 5.41) is 21.8. The molecule has 11 nitrogen and oxygen atoms in total. The first-order valence-corrected chi connectivity index (χ1v) is 22.8. The Bertz CT molecular complexity index is 1180. The molecule has 0 aromatic heterocycles. The minimum atomic E-state index is -4.76. The number of allylic oxidation sites excluding steroid dienone is 10. The number of esters is 1. The molecule has 3 atom stereocenters. The van der Waals surface area contributed by atoms with Crippen molar-refractivity contribution >= 4 is 25.7 Å². The first kappa shape index (κ1) is 53.2. The first-order chi connectivity index (χ1) is 27.1. The van der Waals surface area contributed by atoms with E-state index in [1.165, 1.54) is 57.8 Å². The van der Waals surface area contributed by atoms with Crippen molar-refractivity contribution < 1.29 is 47.8 Å². The van der Waals surface area contributed by atoms with E-state index < -0.39 is 57.6 Å². The summed E-state index contributed by atoms with van der Waals surface area (Å²) in [6, 6.07) is -1.55. The number of carboxylic acids is 1. The summed E-state index contributed by atoms with van der Waals surface area (Å²) in [7, 11) is -4.76. The van der Waals surface area contributed by atoms with Gasteiger partial charge in [0.05, 0.1) is 13.2 Å². The average molecular weight is 810 g/mol. The number of rotatable bonds is 39. The molecule has 0 aliphatic heterocycles. The molecular weight excluding hydrogens is 733 g/mol. The molecule has 0 saturated heterocycles. The van der Waals surface area contributed by atoms with Crippen molar-refractivity contribution in [1.29, 1.82) is 0 Å². The van der Waals surface area contributed by atoms with Crippen LogP contribution in [0.2, 0.25) is 0 Å². The fourth-order valence-corrected chi connectivity index (χ4v) is 6.29. The van der Waals surface area contributed by atoms with Gasteiger partial charge in [0.2, 0.25) is 5.91 Å². The summed E-state index contributed by atoms with van der Waals surface area (Å²) in [5.41, 5.74) is 0. The van der Waals surface area contributed by atoms with Crippen LogP contribution in [0.15, 0.2) is 60.8 Å². The lowest BCUT2D eigenvalue weighted by atomic mass is 10.0. The van der Waals surface area contributed by atoms with Gasteiger partial charge in [-0.3, -0.25) is 18.6 Å². The van der Waals surface area contributed by atoms with E-state index in [1.54, 1.807) is 0 Å². The molecule has 0 aromatic carbocycles. The highest BCUT2D eigenvalue weighted by atomic mass is 31.2. The quantitative estimate of drug-likeness (QED) is 0.0203. The zero-order valence-corrected chi connectivity index (χ0v) is 35.6. The van der Waals surface area contributed by atoms with Gasteiger partial charge in [0.25, 0.3) is 0 Å². The van der Waals surface area contributed by atoms with Crippen LogP contribution in [-0.4, -0.2) is 64.9 Å². The first-order valence-electron chi connectivity index (χ1n) is 21.3. The number of aliphatic hydroxyl groups excluding tert-OH is 1. The Kier molecular flexibility index (Phi) is 37.1. The van der Waals surface area contributed by atoms with Crippen LogP contribution >= 0.6 is 7.82 Å². The average Bonchev–Trinajstić information content (AvgIpc) is 3.17. The summed E-state index contributed by atoms with van der Waals surface area (Å²) < 4.78 is 26.8. The molecule has 322 valence electrons. The van der Waals surface area contributed by atoms with Crippen molar-refractivity contribution in [3.05, 3.63) is 60.8 Å². The molecule has 12 heteroatoms. The van der Waals surface area contributed by atoms with Gasteiger partial charge in [0.15, 0.2) is 6.04 Å². The summed E-state index contributed by atoms with van der Waals surface area (Å²) in [6.07, 6.45) is 43.9. The molecule has 3 unspecified atom stereocenters. The van der Waals surface area contributed by atoms with Crippen LogP contribution in [0.5, 0.6) is 0 Å². The molecule has 0 aliphatic carbocycles. The van der Waals surface area contributed by atoms with E-state index in [0.717, 1.165) is 70.6 Å². The third-order valence-electron chi connectivity index (χ3n) is 8.82. The monoisotopic (exact) mass is 810 g/mol. The number of phosphoric ester groups is 1. The van der Waals surface area contributed by atoms with Gasteiger partial charge < -0.3 is 25.2 Å². The number of aliphatic hydroxyl groups is 1. The zero-order valence-electron chi connectivity index (χ0n) is 34.7. The second kappa shape index (κ2) is 39.0. The number of aliphatic carboxylic acids is 1. The third-order valence-corrected chi connectivity index (χ3v) is 9.77. The summed E-state index contributed by atoms with van der Waals surface area (Å²) in [5.74, 6) is -2.41. The van der Waals surface area contributed by atoms with E-state index in [4.69, 9.17) is 13.8 Å². The molecule has 1 amide bonds. The summed E-state index contributed by atoms with van der Waals surface area (Å²) >= 11 is 0. The third kappa shape index (κ3) is 38.1. The Labute approximate surface area is 338 Å². The van der Waals surface area contributed by atoms with E-state index in [1.807, 2.05) is 0 Å². The molecule has 56 heavy (non-hydrogen) atoms. The van der Waals surface area contributed by atoms with Gasteiger partial charge in [0.1, 0.15) is 12.7 Å². The summed E-state index contributed by atoms with van der Waals surface area (Å²) in [4.78, 5) is 45.8. The van der Waals surface area contributed by atoms with Crippen molar-refractivity contribution in [2.45, 2.75) is 180 Å². The standard InChI is InChI=1S/C44H76NO10P/c1-3-5-7-9-11-13-15-17-18-19-20-21-22-24-26-28-30-32-34-36-43(48)53-37-40(46)38-54-56(51,52)55-39-41(44(49)50)45-42(47)35-33-31-29-27-25-23-16-14-12-10-8-6-4-2/h5,7,11,13,17-18,20-21,24,26,40-41,46H,3-4,6,8-10,12,14-16,19,22-23,25,27-39H2,1-2H3,(H,45,47)(H,49,50)(H,51,52)/b7-5-,13-11-,18-17-,21-20-,26-24-. The fourth-order valence-electron chi connectivity index (χ4n) is 5.52. The van der Waals surface area contributed by atoms with Gasteiger partial charge in [-0.25, -0.2) is 9.36 Å². The molecular formula is C44H76NO10P. The number of ether oxygens (including phenoxy) is 1.